The molecule has 1 unspecified atom stereocenters. The molecule has 1 aliphatic carbocycles. The molecule has 0 aromatic carbocycles. The zero-order valence-corrected chi connectivity index (χ0v) is 11.4. The molecule has 1 aliphatic rings. The highest BCUT2D eigenvalue weighted by molar-refractivity contribution is 5.32. The van der Waals surface area contributed by atoms with Crippen LogP contribution in [0.1, 0.15) is 47.4 Å². The van der Waals surface area contributed by atoms with Crippen molar-refractivity contribution >= 4 is 0 Å². The zero-order valence-electron chi connectivity index (χ0n) is 11.4. The number of aliphatic hydroxyl groups excluding tert-OH is 1. The fourth-order valence-corrected chi connectivity index (χ4v) is 2.92. The summed E-state index contributed by atoms with van der Waals surface area (Å²) in [6.07, 6.45) is 4.49. The van der Waals surface area contributed by atoms with Gasteiger partial charge in [0.15, 0.2) is 0 Å². The molecule has 0 fully saturated rings. The Labute approximate surface area is 113 Å². The van der Waals surface area contributed by atoms with Crippen LogP contribution in [0.15, 0.2) is 18.3 Å². The Morgan fingerprint density at radius 2 is 2.26 bits per heavy atom. The van der Waals surface area contributed by atoms with E-state index in [1.54, 1.807) is 6.20 Å². The second-order valence-corrected chi connectivity index (χ2v) is 5.28. The molecule has 0 saturated carbocycles. The third-order valence-electron chi connectivity index (χ3n) is 3.85. The highest BCUT2D eigenvalue weighted by atomic mass is 16.3. The van der Waals surface area contributed by atoms with Crippen LogP contribution < -0.4 is 0 Å². The molecule has 1 N–H and O–H groups in total. The molecule has 2 aromatic heterocycles. The molecule has 2 heterocycles. The standard InChI is InChI=1S/C15H19N3O/c1-10-8-13-14(4-3-5-15(13)19)18(10)9-12-6-7-16-11(2)17-12/h6-8,15,19H,3-5,9H2,1-2H3. The summed E-state index contributed by atoms with van der Waals surface area (Å²) in [4.78, 5) is 8.59. The van der Waals surface area contributed by atoms with Crippen molar-refractivity contribution in [1.29, 1.82) is 0 Å². The van der Waals surface area contributed by atoms with Crippen molar-refractivity contribution in [2.24, 2.45) is 0 Å². The van der Waals surface area contributed by atoms with Crippen LogP contribution in [0.5, 0.6) is 0 Å². The van der Waals surface area contributed by atoms with Gasteiger partial charge in [0.25, 0.3) is 0 Å². The van der Waals surface area contributed by atoms with Gasteiger partial charge in [0.2, 0.25) is 0 Å². The lowest BCUT2D eigenvalue weighted by Gasteiger charge is -2.20. The van der Waals surface area contributed by atoms with Gasteiger partial charge in [-0.1, -0.05) is 0 Å². The van der Waals surface area contributed by atoms with E-state index in [-0.39, 0.29) is 6.10 Å². The van der Waals surface area contributed by atoms with Gasteiger partial charge in [0, 0.05) is 23.1 Å². The Morgan fingerprint density at radius 1 is 1.42 bits per heavy atom. The Hall–Kier alpha value is -1.68. The summed E-state index contributed by atoms with van der Waals surface area (Å²) in [5.74, 6) is 0.802. The molecule has 0 radical (unpaired) electrons. The Morgan fingerprint density at radius 3 is 3.05 bits per heavy atom. The largest absolute Gasteiger partial charge is 0.388 e. The fraction of sp³-hybridized carbons (Fsp3) is 0.467. The first-order valence-corrected chi connectivity index (χ1v) is 6.80. The van der Waals surface area contributed by atoms with E-state index >= 15 is 0 Å². The van der Waals surface area contributed by atoms with Crippen LogP contribution in [0.4, 0.5) is 0 Å². The van der Waals surface area contributed by atoms with E-state index in [0.29, 0.717) is 0 Å². The monoisotopic (exact) mass is 257 g/mol. The first-order chi connectivity index (χ1) is 9.15. The Bertz CT molecular complexity index is 603. The molecule has 0 spiro atoms. The molecule has 0 bridgehead atoms. The summed E-state index contributed by atoms with van der Waals surface area (Å²) in [5.41, 5.74) is 4.60. The predicted molar refractivity (Wildman–Crippen MR) is 72.9 cm³/mol. The Balaban J connectivity index is 1.97. The Kier molecular flexibility index (Phi) is 3.11. The lowest BCUT2D eigenvalue weighted by molar-refractivity contribution is 0.155. The van der Waals surface area contributed by atoms with Crippen molar-refractivity contribution in [2.45, 2.75) is 45.8 Å². The molecule has 19 heavy (non-hydrogen) atoms. The van der Waals surface area contributed by atoms with E-state index in [4.69, 9.17) is 0 Å². The summed E-state index contributed by atoms with van der Waals surface area (Å²) in [6.45, 7) is 4.77. The maximum atomic E-state index is 10.1. The van der Waals surface area contributed by atoms with Gasteiger partial charge in [0.1, 0.15) is 5.82 Å². The molecule has 0 saturated heterocycles. The maximum Gasteiger partial charge on any atom is 0.125 e. The number of hydrogen-bond acceptors (Lipinski definition) is 3. The predicted octanol–water partition coefficient (Wildman–Crippen LogP) is 2.31. The normalized spacial score (nSPS) is 18.4. The summed E-state index contributed by atoms with van der Waals surface area (Å²) in [7, 11) is 0. The number of aliphatic hydroxyl groups is 1. The van der Waals surface area contributed by atoms with E-state index in [1.807, 2.05) is 13.0 Å². The van der Waals surface area contributed by atoms with E-state index in [2.05, 4.69) is 27.5 Å². The topological polar surface area (TPSA) is 50.9 Å². The molecular weight excluding hydrogens is 238 g/mol. The van der Waals surface area contributed by atoms with Gasteiger partial charge in [-0.05, 0) is 45.2 Å². The first kappa shape index (κ1) is 12.4. The smallest absolute Gasteiger partial charge is 0.125 e. The number of hydrogen-bond donors (Lipinski definition) is 1. The minimum absolute atomic E-state index is 0.296. The third-order valence-corrected chi connectivity index (χ3v) is 3.85. The molecule has 4 heteroatoms. The van der Waals surface area contributed by atoms with Gasteiger partial charge >= 0.3 is 0 Å². The lowest BCUT2D eigenvalue weighted by Crippen LogP contribution is -2.14. The average molecular weight is 257 g/mol. The SMILES string of the molecule is Cc1nccc(Cn2c(C)cc3c2CCCC3O)n1. The van der Waals surface area contributed by atoms with E-state index in [0.717, 1.165) is 42.9 Å². The second kappa shape index (κ2) is 4.78. The maximum absolute atomic E-state index is 10.1. The highest BCUT2D eigenvalue weighted by Crippen LogP contribution is 2.32. The van der Waals surface area contributed by atoms with Crippen molar-refractivity contribution < 1.29 is 5.11 Å². The highest BCUT2D eigenvalue weighted by Gasteiger charge is 2.23. The minimum Gasteiger partial charge on any atom is -0.388 e. The van der Waals surface area contributed by atoms with Crippen LogP contribution in [-0.2, 0) is 13.0 Å². The van der Waals surface area contributed by atoms with Gasteiger partial charge in [-0.3, -0.25) is 0 Å². The molecule has 0 aliphatic heterocycles. The molecule has 0 amide bonds. The molecule has 1 atom stereocenters. The van der Waals surface area contributed by atoms with Crippen LogP contribution in [0, 0.1) is 13.8 Å². The van der Waals surface area contributed by atoms with Gasteiger partial charge in [-0.15, -0.1) is 0 Å². The van der Waals surface area contributed by atoms with Crippen molar-refractivity contribution in [1.82, 2.24) is 14.5 Å². The van der Waals surface area contributed by atoms with Crippen molar-refractivity contribution in [3.8, 4) is 0 Å². The molecule has 100 valence electrons. The van der Waals surface area contributed by atoms with Crippen LogP contribution in [0.3, 0.4) is 0 Å². The van der Waals surface area contributed by atoms with Gasteiger partial charge in [-0.2, -0.15) is 0 Å². The molecule has 2 aromatic rings. The van der Waals surface area contributed by atoms with Crippen LogP contribution in [0.2, 0.25) is 0 Å². The third kappa shape index (κ3) is 2.28. The summed E-state index contributed by atoms with van der Waals surface area (Å²) >= 11 is 0. The van der Waals surface area contributed by atoms with Gasteiger partial charge in [0.05, 0.1) is 18.3 Å². The van der Waals surface area contributed by atoms with Crippen LogP contribution >= 0.6 is 0 Å². The number of rotatable bonds is 2. The average Bonchev–Trinajstić information content (AvgIpc) is 2.69. The molecular formula is C15H19N3O. The minimum atomic E-state index is -0.296. The summed E-state index contributed by atoms with van der Waals surface area (Å²) < 4.78 is 2.28. The van der Waals surface area contributed by atoms with Crippen molar-refractivity contribution in [3.63, 3.8) is 0 Å². The van der Waals surface area contributed by atoms with E-state index in [1.165, 1.54) is 11.4 Å². The number of aromatic nitrogens is 3. The quantitative estimate of drug-likeness (QED) is 0.898. The number of aryl methyl sites for hydroxylation is 2. The van der Waals surface area contributed by atoms with Crippen molar-refractivity contribution in [2.75, 3.05) is 0 Å². The zero-order chi connectivity index (χ0) is 13.4. The van der Waals surface area contributed by atoms with Gasteiger partial charge < -0.3 is 9.67 Å². The summed E-state index contributed by atoms with van der Waals surface area (Å²) in [5, 5.41) is 10.1. The number of fused-ring (bicyclic) bond motifs is 1. The first-order valence-electron chi connectivity index (χ1n) is 6.80. The van der Waals surface area contributed by atoms with E-state index < -0.39 is 0 Å². The van der Waals surface area contributed by atoms with E-state index in [9.17, 15) is 5.11 Å². The van der Waals surface area contributed by atoms with Crippen LogP contribution in [0.25, 0.3) is 0 Å². The molecule has 3 rings (SSSR count). The van der Waals surface area contributed by atoms with Crippen molar-refractivity contribution in [3.05, 3.63) is 46.8 Å². The second-order valence-electron chi connectivity index (χ2n) is 5.28. The molecule has 4 nitrogen and oxygen atoms in total. The lowest BCUT2D eigenvalue weighted by atomic mass is 9.95. The van der Waals surface area contributed by atoms with Gasteiger partial charge in [-0.25, -0.2) is 9.97 Å². The fourth-order valence-electron chi connectivity index (χ4n) is 2.92. The number of nitrogens with zero attached hydrogens (tertiary/aromatic N) is 3. The van der Waals surface area contributed by atoms with Crippen LogP contribution in [-0.4, -0.2) is 19.6 Å². The summed E-state index contributed by atoms with van der Waals surface area (Å²) in [6, 6.07) is 4.07.